The number of fused-ring (bicyclic) bond motifs is 1. The van der Waals surface area contributed by atoms with Crippen LogP contribution < -0.4 is 10.0 Å². The Hall–Kier alpha value is -2.83. The Morgan fingerprint density at radius 3 is 2.57 bits per heavy atom. The van der Waals surface area contributed by atoms with Gasteiger partial charge in [0.1, 0.15) is 5.82 Å². The number of sulfone groups is 1. The number of amides is 1. The third kappa shape index (κ3) is 4.35. The van der Waals surface area contributed by atoms with Gasteiger partial charge in [0.25, 0.3) is 15.9 Å². The lowest BCUT2D eigenvalue weighted by Crippen LogP contribution is -2.35. The first-order chi connectivity index (χ1) is 14.1. The number of anilines is 1. The van der Waals surface area contributed by atoms with Crippen LogP contribution in [0.1, 0.15) is 10.4 Å². The van der Waals surface area contributed by atoms with Crippen LogP contribution in [0.2, 0.25) is 0 Å². The highest BCUT2D eigenvalue weighted by Gasteiger charge is 2.24. The molecule has 2 N–H and O–H groups in total. The highest BCUT2D eigenvalue weighted by atomic mass is 32.2. The maximum Gasteiger partial charge on any atom is 0.263 e. The first-order valence-electron chi connectivity index (χ1n) is 8.52. The van der Waals surface area contributed by atoms with E-state index in [9.17, 15) is 26.0 Å². The van der Waals surface area contributed by atoms with E-state index in [-0.39, 0.29) is 21.3 Å². The molecule has 3 aromatic rings. The zero-order valence-electron chi connectivity index (χ0n) is 15.1. The van der Waals surface area contributed by atoms with Gasteiger partial charge >= 0.3 is 0 Å². The SMILES string of the molecule is O=C(N[C@@H]1C=CS(=O)(=O)C1)c1ccc2nc(NS(=O)(=O)c3ccc(F)cc3)sc2c1. The van der Waals surface area contributed by atoms with Crippen LogP contribution in [0, 0.1) is 5.82 Å². The standard InChI is InChI=1S/C18H14FN3O5S3/c19-12-2-4-14(5-3-12)30(26,27)22-18-21-15-6-1-11(9-16(15)28-18)17(23)20-13-7-8-29(24,25)10-13/h1-9,13H,10H2,(H,20,23)(H,21,22)/t13-/m1/s1. The number of thiazole rings is 1. The van der Waals surface area contributed by atoms with Crippen LogP contribution in [0.4, 0.5) is 9.52 Å². The third-order valence-electron chi connectivity index (χ3n) is 4.24. The topological polar surface area (TPSA) is 122 Å². The van der Waals surface area contributed by atoms with E-state index in [0.717, 1.165) is 41.0 Å². The Bertz CT molecular complexity index is 1380. The number of aromatic nitrogens is 1. The van der Waals surface area contributed by atoms with Crippen LogP contribution in [0.3, 0.4) is 0 Å². The average molecular weight is 468 g/mol. The number of nitrogens with one attached hydrogen (secondary N) is 2. The van der Waals surface area contributed by atoms with Gasteiger partial charge in [-0.25, -0.2) is 26.2 Å². The zero-order valence-corrected chi connectivity index (χ0v) is 17.5. The summed E-state index contributed by atoms with van der Waals surface area (Å²) < 4.78 is 63.7. The van der Waals surface area contributed by atoms with Crippen LogP contribution in [0.15, 0.2) is 58.8 Å². The summed E-state index contributed by atoms with van der Waals surface area (Å²) in [5.74, 6) is -1.19. The molecule has 4 rings (SSSR count). The Kier molecular flexibility index (Phi) is 5.08. The summed E-state index contributed by atoms with van der Waals surface area (Å²) in [7, 11) is -7.23. The van der Waals surface area contributed by atoms with E-state index >= 15 is 0 Å². The minimum absolute atomic E-state index is 0.0942. The van der Waals surface area contributed by atoms with Crippen LogP contribution in [-0.2, 0) is 19.9 Å². The van der Waals surface area contributed by atoms with Crippen molar-refractivity contribution in [3.05, 3.63) is 65.3 Å². The molecule has 1 aliphatic heterocycles. The maximum absolute atomic E-state index is 13.0. The molecule has 2 heterocycles. The average Bonchev–Trinajstić information content (AvgIpc) is 3.22. The van der Waals surface area contributed by atoms with Gasteiger partial charge < -0.3 is 5.32 Å². The number of rotatable bonds is 5. The second-order valence-electron chi connectivity index (χ2n) is 6.50. The number of hydrogen-bond donors (Lipinski definition) is 2. The fraction of sp³-hybridized carbons (Fsp3) is 0.111. The fourth-order valence-corrected chi connectivity index (χ4v) is 6.19. The lowest BCUT2D eigenvalue weighted by molar-refractivity contribution is 0.0948. The van der Waals surface area contributed by atoms with Gasteiger partial charge in [-0.1, -0.05) is 11.3 Å². The van der Waals surface area contributed by atoms with E-state index in [4.69, 9.17) is 0 Å². The molecule has 1 atom stereocenters. The van der Waals surface area contributed by atoms with Crippen molar-refractivity contribution >= 4 is 52.5 Å². The molecule has 0 aliphatic carbocycles. The summed E-state index contributed by atoms with van der Waals surface area (Å²) in [5.41, 5.74) is 0.772. The number of nitrogens with zero attached hydrogens (tertiary/aromatic N) is 1. The van der Waals surface area contributed by atoms with Crippen molar-refractivity contribution in [2.75, 3.05) is 10.5 Å². The monoisotopic (exact) mass is 467 g/mol. The van der Waals surface area contributed by atoms with Crippen LogP contribution in [-0.4, -0.2) is 39.5 Å². The smallest absolute Gasteiger partial charge is 0.263 e. The van der Waals surface area contributed by atoms with Gasteiger partial charge in [0.2, 0.25) is 0 Å². The Balaban J connectivity index is 1.53. The van der Waals surface area contributed by atoms with E-state index in [0.29, 0.717) is 10.2 Å². The van der Waals surface area contributed by atoms with Crippen molar-refractivity contribution in [3.63, 3.8) is 0 Å². The second-order valence-corrected chi connectivity index (χ2v) is 11.1. The quantitative estimate of drug-likeness (QED) is 0.594. The molecular weight excluding hydrogens is 453 g/mol. The summed E-state index contributed by atoms with van der Waals surface area (Å²) in [4.78, 5) is 16.5. The lowest BCUT2D eigenvalue weighted by Gasteiger charge is -2.09. The number of hydrogen-bond acceptors (Lipinski definition) is 7. The third-order valence-corrected chi connectivity index (χ3v) is 8.06. The highest BCUT2D eigenvalue weighted by Crippen LogP contribution is 2.28. The first kappa shape index (κ1) is 20.4. The molecule has 0 saturated carbocycles. The summed E-state index contributed by atoms with van der Waals surface area (Å²) in [5, 5.41) is 3.79. The molecule has 1 aliphatic rings. The first-order valence-corrected chi connectivity index (χ1v) is 12.5. The summed E-state index contributed by atoms with van der Waals surface area (Å²) in [6.07, 6.45) is 1.42. The van der Waals surface area contributed by atoms with E-state index in [1.165, 1.54) is 12.1 Å². The summed E-state index contributed by atoms with van der Waals surface area (Å²) >= 11 is 1.03. The molecule has 1 aromatic heterocycles. The molecule has 0 bridgehead atoms. The zero-order chi connectivity index (χ0) is 21.5. The van der Waals surface area contributed by atoms with Crippen LogP contribution in [0.25, 0.3) is 10.2 Å². The van der Waals surface area contributed by atoms with Crippen molar-refractivity contribution in [2.24, 2.45) is 0 Å². The molecule has 0 spiro atoms. The molecule has 30 heavy (non-hydrogen) atoms. The number of carbonyl (C=O) groups is 1. The van der Waals surface area contributed by atoms with Gasteiger partial charge in [-0.3, -0.25) is 9.52 Å². The van der Waals surface area contributed by atoms with E-state index in [2.05, 4.69) is 15.0 Å². The fourth-order valence-electron chi connectivity index (χ4n) is 2.81. The van der Waals surface area contributed by atoms with Crippen LogP contribution in [0.5, 0.6) is 0 Å². The van der Waals surface area contributed by atoms with Gasteiger partial charge in [-0.05, 0) is 48.5 Å². The predicted molar refractivity (Wildman–Crippen MR) is 111 cm³/mol. The van der Waals surface area contributed by atoms with Crippen molar-refractivity contribution in [2.45, 2.75) is 10.9 Å². The minimum atomic E-state index is -3.94. The molecule has 156 valence electrons. The highest BCUT2D eigenvalue weighted by molar-refractivity contribution is 7.94. The molecule has 0 saturated heterocycles. The number of sulfonamides is 1. The molecule has 0 radical (unpaired) electrons. The molecule has 12 heteroatoms. The van der Waals surface area contributed by atoms with E-state index in [1.54, 1.807) is 12.1 Å². The van der Waals surface area contributed by atoms with Gasteiger partial charge in [0.05, 0.1) is 26.9 Å². The molecule has 0 unspecified atom stereocenters. The van der Waals surface area contributed by atoms with Gasteiger partial charge in [-0.15, -0.1) is 0 Å². The summed E-state index contributed by atoms with van der Waals surface area (Å²) in [6.45, 7) is 0. The van der Waals surface area contributed by atoms with Gasteiger partial charge in [0, 0.05) is 11.0 Å². The molecule has 1 amide bonds. The predicted octanol–water partition coefficient (Wildman–Crippen LogP) is 2.28. The van der Waals surface area contributed by atoms with E-state index in [1.807, 2.05) is 0 Å². The molecular formula is C18H14FN3O5S3. The van der Waals surface area contributed by atoms with Crippen molar-refractivity contribution < 1.29 is 26.0 Å². The normalized spacial score (nSPS) is 17.8. The van der Waals surface area contributed by atoms with Gasteiger partial charge in [-0.2, -0.15) is 0 Å². The molecule has 8 nitrogen and oxygen atoms in total. The largest absolute Gasteiger partial charge is 0.345 e. The maximum atomic E-state index is 13.0. The van der Waals surface area contributed by atoms with Crippen molar-refractivity contribution in [1.82, 2.24) is 10.3 Å². The Morgan fingerprint density at radius 1 is 1.17 bits per heavy atom. The number of carbonyl (C=O) groups excluding carboxylic acids is 1. The van der Waals surface area contributed by atoms with E-state index < -0.39 is 37.6 Å². The van der Waals surface area contributed by atoms with Crippen LogP contribution >= 0.6 is 11.3 Å². The van der Waals surface area contributed by atoms with Gasteiger partial charge in [0.15, 0.2) is 15.0 Å². The lowest BCUT2D eigenvalue weighted by atomic mass is 10.2. The second kappa shape index (κ2) is 7.45. The minimum Gasteiger partial charge on any atom is -0.345 e. The molecule has 2 aromatic carbocycles. The van der Waals surface area contributed by atoms with Crippen molar-refractivity contribution in [1.29, 1.82) is 0 Å². The summed E-state index contributed by atoms with van der Waals surface area (Å²) in [6, 6.07) is 8.41. The Morgan fingerprint density at radius 2 is 1.90 bits per heavy atom. The molecule has 0 fully saturated rings. The number of benzene rings is 2. The Labute approximate surface area is 175 Å². The number of halogens is 1. The van der Waals surface area contributed by atoms with Crippen molar-refractivity contribution in [3.8, 4) is 0 Å².